The maximum Gasteiger partial charge on any atom is 0.227 e. The molecule has 1 aromatic rings. The summed E-state index contributed by atoms with van der Waals surface area (Å²) in [7, 11) is 0. The molecular weight excluding hydrogens is 366 g/mol. The Labute approximate surface area is 173 Å². The Balaban J connectivity index is 1.39. The van der Waals surface area contributed by atoms with Crippen LogP contribution in [-0.2, 0) is 9.53 Å². The monoisotopic (exact) mass is 397 g/mol. The number of carbonyl (C=O) groups excluding carboxylic acids is 1. The van der Waals surface area contributed by atoms with Gasteiger partial charge in [0.15, 0.2) is 0 Å². The standard InChI is InChI=1S/C22H31N5O2/c1-3-22(15-29-16-22)27-11-9-25(10-12-27)21(28)19-5-4-8-26(14-19)20-18(13-23)7-6-17(2)24-20/h6-7,19H,3-5,8-12,14-16H2,1-2H3. The third-order valence-electron chi connectivity index (χ3n) is 6.87. The van der Waals surface area contributed by atoms with Crippen LogP contribution >= 0.6 is 0 Å². The summed E-state index contributed by atoms with van der Waals surface area (Å²) in [5.74, 6) is 0.969. The van der Waals surface area contributed by atoms with Crippen molar-refractivity contribution < 1.29 is 9.53 Å². The molecule has 29 heavy (non-hydrogen) atoms. The van der Waals surface area contributed by atoms with Gasteiger partial charge in [0.05, 0.1) is 30.2 Å². The van der Waals surface area contributed by atoms with Gasteiger partial charge in [-0.15, -0.1) is 0 Å². The molecular formula is C22H31N5O2. The van der Waals surface area contributed by atoms with Crippen LogP contribution < -0.4 is 4.90 Å². The van der Waals surface area contributed by atoms with E-state index in [1.165, 1.54) is 0 Å². The van der Waals surface area contributed by atoms with Crippen LogP contribution in [0.1, 0.15) is 37.4 Å². The summed E-state index contributed by atoms with van der Waals surface area (Å²) in [5, 5.41) is 9.45. The first-order chi connectivity index (χ1) is 14.1. The largest absolute Gasteiger partial charge is 0.377 e. The molecule has 3 saturated heterocycles. The van der Waals surface area contributed by atoms with Gasteiger partial charge < -0.3 is 14.5 Å². The minimum Gasteiger partial charge on any atom is -0.377 e. The minimum atomic E-state index is -0.0173. The Kier molecular flexibility index (Phi) is 5.75. The van der Waals surface area contributed by atoms with E-state index in [4.69, 9.17) is 4.74 Å². The average molecular weight is 398 g/mol. The Bertz CT molecular complexity index is 787. The summed E-state index contributed by atoms with van der Waals surface area (Å²) in [4.78, 5) is 24.5. The van der Waals surface area contributed by atoms with Crippen LogP contribution in [0.4, 0.5) is 5.82 Å². The summed E-state index contributed by atoms with van der Waals surface area (Å²) in [6.45, 7) is 10.7. The number of ether oxygens (including phenoxy) is 1. The molecule has 0 N–H and O–H groups in total. The predicted octanol–water partition coefficient (Wildman–Crippen LogP) is 1.80. The first kappa shape index (κ1) is 20.1. The Morgan fingerprint density at radius 3 is 2.66 bits per heavy atom. The van der Waals surface area contributed by atoms with Crippen LogP contribution in [0.5, 0.6) is 0 Å². The fourth-order valence-corrected chi connectivity index (χ4v) is 4.85. The molecule has 0 bridgehead atoms. The number of anilines is 1. The molecule has 1 amide bonds. The van der Waals surface area contributed by atoms with Gasteiger partial charge in [0, 0.05) is 45.0 Å². The molecule has 7 nitrogen and oxygen atoms in total. The topological polar surface area (TPSA) is 72.7 Å². The molecule has 3 aliphatic heterocycles. The lowest BCUT2D eigenvalue weighted by molar-refractivity contribution is -0.159. The second kappa shape index (κ2) is 8.29. The minimum absolute atomic E-state index is 0.0173. The number of nitriles is 1. The fourth-order valence-electron chi connectivity index (χ4n) is 4.85. The summed E-state index contributed by atoms with van der Waals surface area (Å²) in [6.07, 6.45) is 2.96. The van der Waals surface area contributed by atoms with Crippen molar-refractivity contribution in [2.75, 3.05) is 57.4 Å². The number of aryl methyl sites for hydroxylation is 1. The van der Waals surface area contributed by atoms with E-state index in [1.54, 1.807) is 0 Å². The maximum absolute atomic E-state index is 13.2. The number of hydrogen-bond acceptors (Lipinski definition) is 6. The van der Waals surface area contributed by atoms with E-state index >= 15 is 0 Å². The normalized spacial score (nSPS) is 24.7. The number of pyridine rings is 1. The van der Waals surface area contributed by atoms with Crippen LogP contribution in [0.2, 0.25) is 0 Å². The van der Waals surface area contributed by atoms with Gasteiger partial charge in [-0.2, -0.15) is 5.26 Å². The van der Waals surface area contributed by atoms with Crippen LogP contribution in [0.3, 0.4) is 0 Å². The van der Waals surface area contributed by atoms with Gasteiger partial charge in [0.25, 0.3) is 0 Å². The number of aromatic nitrogens is 1. The van der Waals surface area contributed by atoms with Gasteiger partial charge in [0.2, 0.25) is 5.91 Å². The van der Waals surface area contributed by atoms with Gasteiger partial charge in [-0.25, -0.2) is 4.98 Å². The van der Waals surface area contributed by atoms with Crippen LogP contribution in [0.15, 0.2) is 12.1 Å². The van der Waals surface area contributed by atoms with Crippen molar-refractivity contribution in [2.24, 2.45) is 5.92 Å². The van der Waals surface area contributed by atoms with Gasteiger partial charge in [0.1, 0.15) is 11.9 Å². The smallest absolute Gasteiger partial charge is 0.227 e. The van der Waals surface area contributed by atoms with E-state index in [0.29, 0.717) is 12.1 Å². The molecule has 0 aromatic carbocycles. The van der Waals surface area contributed by atoms with Crippen molar-refractivity contribution in [2.45, 2.75) is 38.6 Å². The molecule has 156 valence electrons. The molecule has 3 fully saturated rings. The zero-order valence-corrected chi connectivity index (χ0v) is 17.6. The lowest BCUT2D eigenvalue weighted by Gasteiger charge is -2.52. The van der Waals surface area contributed by atoms with E-state index < -0.39 is 0 Å². The van der Waals surface area contributed by atoms with Crippen LogP contribution in [0, 0.1) is 24.2 Å². The number of piperazine rings is 1. The van der Waals surface area contributed by atoms with E-state index in [1.807, 2.05) is 24.0 Å². The summed E-state index contributed by atoms with van der Waals surface area (Å²) in [5.41, 5.74) is 1.68. The zero-order valence-electron chi connectivity index (χ0n) is 17.6. The van der Waals surface area contributed by atoms with Gasteiger partial charge in [-0.1, -0.05) is 6.92 Å². The van der Waals surface area contributed by atoms with E-state index in [0.717, 1.165) is 76.7 Å². The van der Waals surface area contributed by atoms with Gasteiger partial charge in [-0.05, 0) is 38.3 Å². The molecule has 7 heteroatoms. The molecule has 1 atom stereocenters. The van der Waals surface area contributed by atoms with Crippen molar-refractivity contribution in [1.82, 2.24) is 14.8 Å². The third-order valence-corrected chi connectivity index (χ3v) is 6.87. The number of hydrogen-bond donors (Lipinski definition) is 0. The number of carbonyl (C=O) groups is 1. The van der Waals surface area contributed by atoms with Crippen LogP contribution in [-0.4, -0.2) is 78.7 Å². The third kappa shape index (κ3) is 3.84. The summed E-state index contributed by atoms with van der Waals surface area (Å²) in [6, 6.07) is 5.94. The lowest BCUT2D eigenvalue weighted by atomic mass is 9.90. The molecule has 0 aliphatic carbocycles. The molecule has 1 unspecified atom stereocenters. The molecule has 1 aromatic heterocycles. The summed E-state index contributed by atoms with van der Waals surface area (Å²) >= 11 is 0. The Hall–Kier alpha value is -2.17. The highest BCUT2D eigenvalue weighted by Gasteiger charge is 2.44. The predicted molar refractivity (Wildman–Crippen MR) is 111 cm³/mol. The van der Waals surface area contributed by atoms with E-state index in [9.17, 15) is 10.1 Å². The van der Waals surface area contributed by atoms with Crippen LogP contribution in [0.25, 0.3) is 0 Å². The first-order valence-corrected chi connectivity index (χ1v) is 10.8. The molecule has 3 aliphatic rings. The number of piperidine rings is 1. The highest BCUT2D eigenvalue weighted by atomic mass is 16.5. The van der Waals surface area contributed by atoms with Crippen molar-refractivity contribution in [3.05, 3.63) is 23.4 Å². The number of rotatable bonds is 4. The molecule has 0 saturated carbocycles. The molecule has 0 radical (unpaired) electrons. The highest BCUT2D eigenvalue weighted by Crippen LogP contribution is 2.30. The van der Waals surface area contributed by atoms with Gasteiger partial charge in [-0.3, -0.25) is 9.69 Å². The summed E-state index contributed by atoms with van der Waals surface area (Å²) < 4.78 is 5.48. The van der Waals surface area contributed by atoms with Crippen molar-refractivity contribution in [3.63, 3.8) is 0 Å². The fraction of sp³-hybridized carbons (Fsp3) is 0.682. The Morgan fingerprint density at radius 2 is 2.03 bits per heavy atom. The average Bonchev–Trinajstić information content (AvgIpc) is 2.73. The van der Waals surface area contributed by atoms with Crippen molar-refractivity contribution in [3.8, 4) is 6.07 Å². The lowest BCUT2D eigenvalue weighted by Crippen LogP contribution is -2.66. The van der Waals surface area contributed by atoms with E-state index in [2.05, 4.69) is 27.8 Å². The van der Waals surface area contributed by atoms with Crippen molar-refractivity contribution >= 4 is 11.7 Å². The first-order valence-electron chi connectivity index (χ1n) is 10.8. The van der Waals surface area contributed by atoms with Crippen molar-refractivity contribution in [1.29, 1.82) is 5.26 Å². The second-order valence-corrected chi connectivity index (χ2v) is 8.60. The van der Waals surface area contributed by atoms with Gasteiger partial charge >= 0.3 is 0 Å². The number of nitrogens with zero attached hydrogens (tertiary/aromatic N) is 5. The maximum atomic E-state index is 13.2. The molecule has 4 heterocycles. The molecule has 0 spiro atoms. The Morgan fingerprint density at radius 1 is 1.28 bits per heavy atom. The number of amides is 1. The highest BCUT2D eigenvalue weighted by molar-refractivity contribution is 5.80. The van der Waals surface area contributed by atoms with E-state index in [-0.39, 0.29) is 17.4 Å². The molecule has 4 rings (SSSR count). The zero-order chi connectivity index (χ0) is 20.4. The second-order valence-electron chi connectivity index (χ2n) is 8.60. The SMILES string of the molecule is CCC1(N2CCN(C(=O)C3CCCN(c4nc(C)ccc4C#N)C3)CC2)COC1. The quantitative estimate of drug-likeness (QED) is 0.771.